The van der Waals surface area contributed by atoms with Crippen LogP contribution in [0.5, 0.6) is 0 Å². The van der Waals surface area contributed by atoms with Crippen molar-refractivity contribution in [1.82, 2.24) is 0 Å². The number of esters is 2. The smallest absolute Gasteiger partial charge is 0.321 e. The molecule has 4 aliphatic carbocycles. The van der Waals surface area contributed by atoms with Crippen LogP contribution in [0, 0.1) is 40.4 Å². The van der Waals surface area contributed by atoms with Gasteiger partial charge in [-0.05, 0) is 66.6 Å². The lowest BCUT2D eigenvalue weighted by Crippen LogP contribution is -2.64. The number of rotatable bonds is 9. The molecule has 2 bridgehead atoms. The van der Waals surface area contributed by atoms with E-state index < -0.39 is 40.9 Å². The molecular weight excluding hydrogens is 496 g/mol. The molecule has 214 valence electrons. The molecule has 4 aliphatic rings. The van der Waals surface area contributed by atoms with Gasteiger partial charge in [0.15, 0.2) is 5.78 Å². The summed E-state index contributed by atoms with van der Waals surface area (Å²) in [5.74, 6) is -3.57. The van der Waals surface area contributed by atoms with Crippen molar-refractivity contribution in [2.24, 2.45) is 40.4 Å². The number of carbonyl (C=O) groups excluding carboxylic acids is 3. The fraction of sp³-hybridized carbons (Fsp3) is 0.656. The number of ether oxygens (including phenoxy) is 2. The van der Waals surface area contributed by atoms with Gasteiger partial charge in [-0.2, -0.15) is 0 Å². The minimum absolute atomic E-state index is 0.0300. The van der Waals surface area contributed by atoms with E-state index in [2.05, 4.69) is 20.8 Å². The molecule has 1 spiro atoms. The van der Waals surface area contributed by atoms with Gasteiger partial charge in [0.05, 0.1) is 11.7 Å². The number of Topliss-reactive ketones (excluding diaryl/α,β-unsaturated/α-hetero) is 1. The minimum atomic E-state index is -2.18. The van der Waals surface area contributed by atoms with Crippen molar-refractivity contribution < 1.29 is 34.1 Å². The monoisotopic (exact) mass is 540 g/mol. The molecule has 2 N–H and O–H groups in total. The first kappa shape index (κ1) is 29.5. The van der Waals surface area contributed by atoms with Crippen molar-refractivity contribution in [1.29, 1.82) is 0 Å². The Balaban J connectivity index is 1.77. The van der Waals surface area contributed by atoms with Crippen molar-refractivity contribution in [3.63, 3.8) is 0 Å². The standard InChI is InChI=1S/C32H44O7/c1-7-8-9-10-11-12-13-14-38-29(36)25-22(18-39-21(4)33)16-23-26-24(30(26,5)6)15-20(3)31(28(23)35)17-19(2)27(34)32(25,31)37/h11-14,16-17,20,23-27,34,37H,7-10,15,18H2,1-6H3/b12-11+,14-13+/t20-,23+,24-,25+,26+,27+,31+,32+/m1/s1. The van der Waals surface area contributed by atoms with Crippen LogP contribution < -0.4 is 0 Å². The summed E-state index contributed by atoms with van der Waals surface area (Å²) in [6.45, 7) is 11.0. The van der Waals surface area contributed by atoms with Crippen LogP contribution >= 0.6 is 0 Å². The van der Waals surface area contributed by atoms with Gasteiger partial charge in [0, 0.05) is 12.8 Å². The van der Waals surface area contributed by atoms with E-state index in [1.54, 1.807) is 31.2 Å². The molecule has 0 aromatic carbocycles. The van der Waals surface area contributed by atoms with Crippen LogP contribution in [0.2, 0.25) is 0 Å². The maximum Gasteiger partial charge on any atom is 0.321 e. The Hall–Kier alpha value is -2.51. The molecule has 0 heterocycles. The quantitative estimate of drug-likeness (QED) is 0.142. The zero-order valence-electron chi connectivity index (χ0n) is 24.1. The number of unbranched alkanes of at least 4 members (excludes halogenated alkanes) is 3. The number of ketones is 1. The fourth-order valence-electron chi connectivity index (χ4n) is 7.87. The number of allylic oxidation sites excluding steroid dienone is 4. The first-order valence-electron chi connectivity index (χ1n) is 14.4. The van der Waals surface area contributed by atoms with Crippen LogP contribution in [0.25, 0.3) is 0 Å². The lowest BCUT2D eigenvalue weighted by atomic mass is 9.57. The van der Waals surface area contributed by atoms with Crippen LogP contribution in [-0.2, 0) is 23.9 Å². The van der Waals surface area contributed by atoms with Gasteiger partial charge in [0.25, 0.3) is 0 Å². The van der Waals surface area contributed by atoms with Gasteiger partial charge in [-0.25, -0.2) is 0 Å². The predicted molar refractivity (Wildman–Crippen MR) is 147 cm³/mol. The molecule has 2 fully saturated rings. The van der Waals surface area contributed by atoms with Gasteiger partial charge in [-0.3, -0.25) is 14.4 Å². The van der Waals surface area contributed by atoms with E-state index in [1.807, 2.05) is 13.0 Å². The van der Waals surface area contributed by atoms with Gasteiger partial charge in [0.1, 0.15) is 24.2 Å². The third kappa shape index (κ3) is 4.65. The SMILES string of the molecule is CCCCC/C=C/C=C/OC(=O)[C@@H]1C(COC(C)=O)=C[C@@H]2C(=O)[C@]3(C=C(C)[C@H](O)[C@@]13O)[C@H](C)C[C@@H]1[C@H]2C1(C)C. The Morgan fingerprint density at radius 3 is 2.59 bits per heavy atom. The maximum atomic E-state index is 14.5. The molecule has 0 aromatic heterocycles. The number of hydrogen-bond acceptors (Lipinski definition) is 7. The number of hydrogen-bond donors (Lipinski definition) is 2. The third-order valence-electron chi connectivity index (χ3n) is 9.95. The zero-order chi connectivity index (χ0) is 28.8. The summed E-state index contributed by atoms with van der Waals surface area (Å²) >= 11 is 0. The normalized spacial score (nSPS) is 38.4. The summed E-state index contributed by atoms with van der Waals surface area (Å²) < 4.78 is 10.9. The number of carbonyl (C=O) groups is 3. The largest absolute Gasteiger partial charge is 0.461 e. The molecule has 0 aliphatic heterocycles. The van der Waals surface area contributed by atoms with Gasteiger partial charge < -0.3 is 19.7 Å². The molecule has 0 aromatic rings. The Labute approximate surface area is 232 Å². The van der Waals surface area contributed by atoms with E-state index in [0.717, 1.165) is 25.7 Å². The summed E-state index contributed by atoms with van der Waals surface area (Å²) in [6, 6.07) is 0. The molecule has 0 radical (unpaired) electrons. The van der Waals surface area contributed by atoms with Crippen molar-refractivity contribution in [2.75, 3.05) is 6.61 Å². The van der Waals surface area contributed by atoms with Crippen molar-refractivity contribution in [3.8, 4) is 0 Å². The Morgan fingerprint density at radius 2 is 1.92 bits per heavy atom. The van der Waals surface area contributed by atoms with E-state index >= 15 is 0 Å². The minimum Gasteiger partial charge on any atom is -0.461 e. The topological polar surface area (TPSA) is 110 Å². The van der Waals surface area contributed by atoms with Gasteiger partial charge in [-0.15, -0.1) is 0 Å². The van der Waals surface area contributed by atoms with Crippen LogP contribution in [0.4, 0.5) is 0 Å². The second kappa shape index (κ2) is 10.8. The second-order valence-corrected chi connectivity index (χ2v) is 12.6. The van der Waals surface area contributed by atoms with Crippen molar-refractivity contribution in [2.45, 2.75) is 85.4 Å². The number of aliphatic hydroxyl groups is 2. The molecule has 7 nitrogen and oxygen atoms in total. The Kier molecular flexibility index (Phi) is 8.17. The molecule has 0 saturated heterocycles. The molecule has 0 amide bonds. The van der Waals surface area contributed by atoms with Gasteiger partial charge in [-0.1, -0.05) is 64.8 Å². The molecule has 39 heavy (non-hydrogen) atoms. The lowest BCUT2D eigenvalue weighted by molar-refractivity contribution is -0.187. The van der Waals surface area contributed by atoms with Crippen LogP contribution in [0.3, 0.4) is 0 Å². The highest BCUT2D eigenvalue weighted by Gasteiger charge is 2.76. The summed E-state index contributed by atoms with van der Waals surface area (Å²) in [5.41, 5.74) is -3.01. The van der Waals surface area contributed by atoms with Gasteiger partial charge >= 0.3 is 11.9 Å². The molecule has 8 atom stereocenters. The molecule has 2 saturated carbocycles. The molecular formula is C32H44O7. The summed E-state index contributed by atoms with van der Waals surface area (Å²) in [5, 5.41) is 24.1. The molecule has 4 rings (SSSR count). The number of aliphatic hydroxyl groups excluding tert-OH is 1. The van der Waals surface area contributed by atoms with E-state index in [1.165, 1.54) is 13.2 Å². The maximum absolute atomic E-state index is 14.5. The first-order chi connectivity index (χ1) is 18.4. The van der Waals surface area contributed by atoms with Crippen LogP contribution in [0.15, 0.2) is 47.8 Å². The summed E-state index contributed by atoms with van der Waals surface area (Å²) in [7, 11) is 0. The van der Waals surface area contributed by atoms with Crippen molar-refractivity contribution in [3.05, 3.63) is 47.8 Å². The van der Waals surface area contributed by atoms with Crippen molar-refractivity contribution >= 4 is 17.7 Å². The van der Waals surface area contributed by atoms with E-state index in [0.29, 0.717) is 17.6 Å². The van der Waals surface area contributed by atoms with E-state index in [4.69, 9.17) is 9.47 Å². The van der Waals surface area contributed by atoms with E-state index in [9.17, 15) is 24.6 Å². The highest BCUT2D eigenvalue weighted by molar-refractivity contribution is 5.97. The van der Waals surface area contributed by atoms with E-state index in [-0.39, 0.29) is 35.6 Å². The average molecular weight is 541 g/mol. The summed E-state index contributed by atoms with van der Waals surface area (Å²) in [4.78, 5) is 40.1. The molecule has 7 heteroatoms. The Bertz CT molecular complexity index is 1130. The van der Waals surface area contributed by atoms with Crippen LogP contribution in [-0.4, -0.2) is 46.2 Å². The van der Waals surface area contributed by atoms with Gasteiger partial charge in [0.2, 0.25) is 0 Å². The molecule has 0 unspecified atom stereocenters. The lowest BCUT2D eigenvalue weighted by Gasteiger charge is -2.48. The Morgan fingerprint density at radius 1 is 1.21 bits per heavy atom. The summed E-state index contributed by atoms with van der Waals surface area (Å²) in [6.07, 6.45) is 13.6. The zero-order valence-corrected chi connectivity index (χ0v) is 24.1. The first-order valence-corrected chi connectivity index (χ1v) is 14.4. The predicted octanol–water partition coefficient (Wildman–Crippen LogP) is 4.83. The average Bonchev–Trinajstić information content (AvgIpc) is 3.38. The highest BCUT2D eigenvalue weighted by atomic mass is 16.5. The fourth-order valence-corrected chi connectivity index (χ4v) is 7.87. The second-order valence-electron chi connectivity index (χ2n) is 12.6. The third-order valence-corrected chi connectivity index (χ3v) is 9.95. The highest BCUT2D eigenvalue weighted by Crippen LogP contribution is 2.72. The van der Waals surface area contributed by atoms with Crippen LogP contribution in [0.1, 0.15) is 73.6 Å². The number of fused-ring (bicyclic) bond motifs is 3.